The first-order valence-electron chi connectivity index (χ1n) is 25.1. The van der Waals surface area contributed by atoms with E-state index in [1.807, 2.05) is 0 Å². The third-order valence-electron chi connectivity index (χ3n) is 15.7. The van der Waals surface area contributed by atoms with E-state index in [4.69, 9.17) is 13.3 Å². The molecular formula is C64H52N2O3. The molecule has 3 aromatic heterocycles. The maximum Gasteiger partial charge on any atom is 0.162 e. The van der Waals surface area contributed by atoms with Gasteiger partial charge >= 0.3 is 0 Å². The van der Waals surface area contributed by atoms with E-state index in [2.05, 4.69) is 194 Å². The summed E-state index contributed by atoms with van der Waals surface area (Å²) >= 11 is 0. The quantitative estimate of drug-likeness (QED) is 0.142. The zero-order valence-electron chi connectivity index (χ0n) is 39.1. The van der Waals surface area contributed by atoms with Crippen molar-refractivity contribution in [2.24, 2.45) is 0 Å². The molecule has 14 rings (SSSR count). The van der Waals surface area contributed by atoms with Crippen molar-refractivity contribution in [2.75, 3.05) is 9.80 Å². The van der Waals surface area contributed by atoms with Crippen LogP contribution < -0.4 is 9.80 Å². The van der Waals surface area contributed by atoms with Crippen molar-refractivity contribution in [1.29, 1.82) is 0 Å². The molecule has 12 aromatic rings. The van der Waals surface area contributed by atoms with Gasteiger partial charge in [-0.3, -0.25) is 0 Å². The zero-order valence-corrected chi connectivity index (χ0v) is 39.1. The molecule has 2 aliphatic carbocycles. The summed E-state index contributed by atoms with van der Waals surface area (Å²) in [6.07, 6.45) is 9.87. The molecule has 5 nitrogen and oxygen atoms in total. The van der Waals surface area contributed by atoms with Crippen LogP contribution in [0, 0.1) is 13.8 Å². The largest absolute Gasteiger partial charge is 0.454 e. The zero-order chi connectivity index (χ0) is 45.7. The Morgan fingerprint density at radius 1 is 0.348 bits per heavy atom. The highest BCUT2D eigenvalue weighted by Crippen LogP contribution is 2.56. The Labute approximate surface area is 401 Å². The molecule has 0 unspecified atom stereocenters. The van der Waals surface area contributed by atoms with Crippen LogP contribution in [0.5, 0.6) is 0 Å². The Morgan fingerprint density at radius 3 is 1.26 bits per heavy atom. The first kappa shape index (κ1) is 40.3. The smallest absolute Gasteiger partial charge is 0.162 e. The van der Waals surface area contributed by atoms with Gasteiger partial charge in [0.2, 0.25) is 0 Å². The number of benzene rings is 9. The fourth-order valence-corrected chi connectivity index (χ4v) is 12.3. The molecular weight excluding hydrogens is 845 g/mol. The Balaban J connectivity index is 1.10. The van der Waals surface area contributed by atoms with Crippen LogP contribution in [0.2, 0.25) is 0 Å². The number of furan rings is 3. The number of aryl methyl sites for hydroxylation is 2. The molecule has 2 saturated carbocycles. The van der Waals surface area contributed by atoms with Gasteiger partial charge in [0.1, 0.15) is 16.7 Å². The first-order valence-corrected chi connectivity index (χ1v) is 25.1. The lowest BCUT2D eigenvalue weighted by molar-refractivity contribution is 0.643. The molecule has 0 radical (unpaired) electrons. The van der Waals surface area contributed by atoms with E-state index >= 15 is 0 Å². The van der Waals surface area contributed by atoms with Crippen LogP contribution in [0.25, 0.3) is 76.6 Å². The summed E-state index contributed by atoms with van der Waals surface area (Å²) in [7, 11) is 0. The monoisotopic (exact) mass is 896 g/mol. The fraction of sp³-hybridized carbons (Fsp3) is 0.188. The van der Waals surface area contributed by atoms with Gasteiger partial charge in [-0.2, -0.15) is 0 Å². The van der Waals surface area contributed by atoms with Gasteiger partial charge in [-0.15, -0.1) is 0 Å². The van der Waals surface area contributed by atoms with Crippen molar-refractivity contribution in [3.63, 3.8) is 0 Å². The number of hydrogen-bond donors (Lipinski definition) is 0. The maximum atomic E-state index is 7.36. The van der Waals surface area contributed by atoms with Crippen LogP contribution in [0.3, 0.4) is 0 Å². The predicted molar refractivity (Wildman–Crippen MR) is 287 cm³/mol. The van der Waals surface area contributed by atoms with E-state index in [9.17, 15) is 0 Å². The number of fused-ring (bicyclic) bond motifs is 10. The van der Waals surface area contributed by atoms with Crippen LogP contribution >= 0.6 is 0 Å². The highest BCUT2D eigenvalue weighted by atomic mass is 16.3. The van der Waals surface area contributed by atoms with Gasteiger partial charge in [0.15, 0.2) is 16.7 Å². The summed E-state index contributed by atoms with van der Waals surface area (Å²) in [6.45, 7) is 4.31. The Hall–Kier alpha value is -7.76. The molecule has 0 amide bonds. The van der Waals surface area contributed by atoms with Gasteiger partial charge in [0.25, 0.3) is 0 Å². The summed E-state index contributed by atoms with van der Waals surface area (Å²) in [4.78, 5) is 4.84. The standard InChI is InChI=1S/C64H52N2O3/c1-39-31-35-43(36-32-39)65(54-28-13-26-51-49-24-11-22-45(41-15-3-4-16-41)60(49)68-62(51)54)58-47-19-7-8-20-48(47)59(64-57(58)53-21-9-10-30-56(53)67-64)66(44-37-33-40(2)34-38-44)55-29-14-27-52-50-25-12-23-46(42-17-5-6-18-42)61(50)69-63(52)55/h7-14,19-38,41-42H,3-6,15-18H2,1-2H3. The van der Waals surface area contributed by atoms with Crippen molar-refractivity contribution in [1.82, 2.24) is 0 Å². The van der Waals surface area contributed by atoms with Gasteiger partial charge in [0.05, 0.1) is 28.1 Å². The minimum Gasteiger partial charge on any atom is -0.454 e. The lowest BCUT2D eigenvalue weighted by atomic mass is 9.95. The number of para-hydroxylation sites is 5. The topological polar surface area (TPSA) is 45.9 Å². The van der Waals surface area contributed by atoms with E-state index in [0.717, 1.165) is 105 Å². The van der Waals surface area contributed by atoms with E-state index in [-0.39, 0.29) is 0 Å². The molecule has 0 bridgehead atoms. The molecule has 5 heteroatoms. The number of anilines is 6. The Kier molecular flexibility index (Phi) is 9.30. The molecule has 336 valence electrons. The summed E-state index contributed by atoms with van der Waals surface area (Å²) in [5.41, 5.74) is 16.4. The molecule has 0 saturated heterocycles. The minimum atomic E-state index is 0.508. The van der Waals surface area contributed by atoms with Crippen LogP contribution in [0.15, 0.2) is 183 Å². The van der Waals surface area contributed by atoms with Crippen LogP contribution in [-0.2, 0) is 0 Å². The van der Waals surface area contributed by atoms with Crippen LogP contribution in [-0.4, -0.2) is 0 Å². The lowest BCUT2D eigenvalue weighted by Gasteiger charge is -2.31. The van der Waals surface area contributed by atoms with Crippen molar-refractivity contribution in [3.05, 3.63) is 192 Å². The van der Waals surface area contributed by atoms with Crippen molar-refractivity contribution in [3.8, 4) is 0 Å². The van der Waals surface area contributed by atoms with E-state index in [0.29, 0.717) is 11.8 Å². The van der Waals surface area contributed by atoms with Crippen LogP contribution in [0.1, 0.15) is 85.5 Å². The van der Waals surface area contributed by atoms with Gasteiger partial charge in [-0.05, 0) is 105 Å². The van der Waals surface area contributed by atoms with Crippen molar-refractivity contribution < 1.29 is 13.3 Å². The second-order valence-electron chi connectivity index (χ2n) is 19.8. The molecule has 3 heterocycles. The maximum absolute atomic E-state index is 7.36. The van der Waals surface area contributed by atoms with Gasteiger partial charge in [0, 0.05) is 49.1 Å². The molecule has 0 spiro atoms. The molecule has 0 atom stereocenters. The van der Waals surface area contributed by atoms with E-state index in [1.165, 1.54) is 79.0 Å². The summed E-state index contributed by atoms with van der Waals surface area (Å²) in [5, 5.41) is 8.77. The number of nitrogens with zero attached hydrogens (tertiary/aromatic N) is 2. The van der Waals surface area contributed by atoms with Gasteiger partial charge in [-0.1, -0.05) is 164 Å². The molecule has 0 aliphatic heterocycles. The number of rotatable bonds is 8. The molecule has 0 N–H and O–H groups in total. The summed E-state index contributed by atoms with van der Waals surface area (Å²) in [5.74, 6) is 1.02. The van der Waals surface area contributed by atoms with Gasteiger partial charge < -0.3 is 23.1 Å². The highest BCUT2D eigenvalue weighted by molar-refractivity contribution is 6.29. The van der Waals surface area contributed by atoms with Crippen molar-refractivity contribution in [2.45, 2.75) is 77.0 Å². The average Bonchev–Trinajstić information content (AvgIpc) is 4.26. The predicted octanol–water partition coefficient (Wildman–Crippen LogP) is 19.4. The second kappa shape index (κ2) is 15.9. The highest BCUT2D eigenvalue weighted by Gasteiger charge is 2.33. The van der Waals surface area contributed by atoms with E-state index < -0.39 is 0 Å². The lowest BCUT2D eigenvalue weighted by Crippen LogP contribution is -2.14. The Morgan fingerprint density at radius 2 is 0.754 bits per heavy atom. The summed E-state index contributed by atoms with van der Waals surface area (Å²) in [6, 6.07) is 62.0. The minimum absolute atomic E-state index is 0.508. The Bertz CT molecular complexity index is 3950. The normalized spacial score (nSPS) is 14.8. The molecule has 69 heavy (non-hydrogen) atoms. The van der Waals surface area contributed by atoms with Gasteiger partial charge in [-0.25, -0.2) is 0 Å². The second-order valence-corrected chi connectivity index (χ2v) is 19.8. The third-order valence-corrected chi connectivity index (χ3v) is 15.7. The summed E-state index contributed by atoms with van der Waals surface area (Å²) < 4.78 is 21.9. The SMILES string of the molecule is Cc1ccc(N(c2cccc3c2oc2c(C4CCCC4)cccc23)c2c3ccccc3c(N(c3ccc(C)cc3)c3cccc4c3oc3c(C5CCCC5)cccc34)c3c2oc2ccccc23)cc1. The molecule has 9 aromatic carbocycles. The first-order chi connectivity index (χ1) is 34.1. The third kappa shape index (κ3) is 6.29. The van der Waals surface area contributed by atoms with Crippen LogP contribution in [0.4, 0.5) is 34.1 Å². The fourth-order valence-electron chi connectivity index (χ4n) is 12.3. The molecule has 2 fully saturated rings. The average molecular weight is 897 g/mol. The van der Waals surface area contributed by atoms with E-state index in [1.54, 1.807) is 0 Å². The number of hydrogen-bond acceptors (Lipinski definition) is 5. The van der Waals surface area contributed by atoms with Crippen molar-refractivity contribution >= 4 is 111 Å². The molecule has 2 aliphatic rings.